The summed E-state index contributed by atoms with van der Waals surface area (Å²) in [6.45, 7) is 6.44. The second-order valence-electron chi connectivity index (χ2n) is 5.05. The summed E-state index contributed by atoms with van der Waals surface area (Å²) < 4.78 is 0. The van der Waals surface area contributed by atoms with Crippen molar-refractivity contribution in [3.05, 3.63) is 35.9 Å². The van der Waals surface area contributed by atoms with Gasteiger partial charge in [-0.25, -0.2) is 0 Å². The molecule has 1 aliphatic rings. The minimum atomic E-state index is -0.135. The second kappa shape index (κ2) is 5.63. The molecule has 0 radical (unpaired) electrons. The number of benzene rings is 1. The average molecular weight is 234 g/mol. The zero-order valence-corrected chi connectivity index (χ0v) is 10.5. The van der Waals surface area contributed by atoms with Crippen molar-refractivity contribution in [1.29, 1.82) is 0 Å². The first kappa shape index (κ1) is 12.6. The Bertz CT molecular complexity index is 335. The van der Waals surface area contributed by atoms with Crippen LogP contribution < -0.4 is 5.32 Å². The van der Waals surface area contributed by atoms with E-state index in [9.17, 15) is 5.11 Å². The van der Waals surface area contributed by atoms with Gasteiger partial charge in [0.1, 0.15) is 0 Å². The number of nitrogens with zero attached hydrogens (tertiary/aromatic N) is 1. The predicted molar refractivity (Wildman–Crippen MR) is 70.1 cm³/mol. The van der Waals surface area contributed by atoms with Crippen LogP contribution in [-0.4, -0.2) is 48.3 Å². The van der Waals surface area contributed by atoms with Crippen molar-refractivity contribution in [1.82, 2.24) is 10.2 Å². The van der Waals surface area contributed by atoms with Crippen LogP contribution in [0.25, 0.3) is 0 Å². The quantitative estimate of drug-likeness (QED) is 0.812. The van der Waals surface area contributed by atoms with E-state index in [2.05, 4.69) is 41.4 Å². The molecular weight excluding hydrogens is 212 g/mol. The summed E-state index contributed by atoms with van der Waals surface area (Å²) in [4.78, 5) is 2.40. The van der Waals surface area contributed by atoms with Crippen LogP contribution in [0.2, 0.25) is 0 Å². The molecule has 0 aromatic heterocycles. The van der Waals surface area contributed by atoms with Gasteiger partial charge in [-0.05, 0) is 18.9 Å². The zero-order chi connectivity index (χ0) is 12.1. The summed E-state index contributed by atoms with van der Waals surface area (Å²) in [6, 6.07) is 10.4. The van der Waals surface area contributed by atoms with E-state index in [1.807, 2.05) is 6.07 Å². The van der Waals surface area contributed by atoms with E-state index < -0.39 is 0 Å². The van der Waals surface area contributed by atoms with Crippen LogP contribution in [0.15, 0.2) is 30.3 Å². The lowest BCUT2D eigenvalue weighted by molar-refractivity contribution is 0.0340. The molecule has 17 heavy (non-hydrogen) atoms. The largest absolute Gasteiger partial charge is 0.394 e. The summed E-state index contributed by atoms with van der Waals surface area (Å²) in [5.74, 6) is 0. The first-order valence-electron chi connectivity index (χ1n) is 6.35. The van der Waals surface area contributed by atoms with Crippen LogP contribution >= 0.6 is 0 Å². The number of hydrogen-bond acceptors (Lipinski definition) is 3. The molecule has 0 bridgehead atoms. The van der Waals surface area contributed by atoms with Crippen molar-refractivity contribution in [2.24, 2.45) is 0 Å². The fourth-order valence-electron chi connectivity index (χ4n) is 2.51. The topological polar surface area (TPSA) is 35.5 Å². The minimum Gasteiger partial charge on any atom is -0.394 e. The summed E-state index contributed by atoms with van der Waals surface area (Å²) in [7, 11) is 0. The van der Waals surface area contributed by atoms with Crippen LogP contribution in [0.3, 0.4) is 0 Å². The molecule has 0 saturated carbocycles. The summed E-state index contributed by atoms with van der Waals surface area (Å²) in [5.41, 5.74) is 1.16. The van der Waals surface area contributed by atoms with Crippen molar-refractivity contribution < 1.29 is 5.11 Å². The van der Waals surface area contributed by atoms with E-state index in [-0.39, 0.29) is 12.1 Å². The highest BCUT2D eigenvalue weighted by Crippen LogP contribution is 2.21. The van der Waals surface area contributed by atoms with Gasteiger partial charge in [-0.15, -0.1) is 0 Å². The van der Waals surface area contributed by atoms with Crippen molar-refractivity contribution in [3.63, 3.8) is 0 Å². The number of nitrogens with one attached hydrogen (secondary N) is 1. The maximum atomic E-state index is 9.74. The van der Waals surface area contributed by atoms with Gasteiger partial charge in [0, 0.05) is 31.7 Å². The van der Waals surface area contributed by atoms with E-state index >= 15 is 0 Å². The Balaban J connectivity index is 2.07. The number of aliphatic hydroxyl groups is 1. The maximum absolute atomic E-state index is 9.74. The highest BCUT2D eigenvalue weighted by molar-refractivity contribution is 5.18. The van der Waals surface area contributed by atoms with Gasteiger partial charge in [-0.2, -0.15) is 0 Å². The molecule has 3 heteroatoms. The third-order valence-electron chi connectivity index (χ3n) is 3.65. The number of rotatable bonds is 4. The Labute approximate surface area is 103 Å². The van der Waals surface area contributed by atoms with Crippen LogP contribution in [0.5, 0.6) is 0 Å². The molecule has 94 valence electrons. The molecular formula is C14H22N2O. The molecule has 0 amide bonds. The SMILES string of the molecule is CC(CO)(Cc1ccccc1)N1CCNCC1. The Morgan fingerprint density at radius 1 is 1.24 bits per heavy atom. The van der Waals surface area contributed by atoms with E-state index in [1.165, 1.54) is 5.56 Å². The van der Waals surface area contributed by atoms with Crippen molar-refractivity contribution in [3.8, 4) is 0 Å². The van der Waals surface area contributed by atoms with Crippen LogP contribution in [0, 0.1) is 0 Å². The summed E-state index contributed by atoms with van der Waals surface area (Å²) >= 11 is 0. The second-order valence-corrected chi connectivity index (χ2v) is 5.05. The molecule has 1 unspecified atom stereocenters. The van der Waals surface area contributed by atoms with Crippen molar-refractivity contribution >= 4 is 0 Å². The first-order chi connectivity index (χ1) is 8.24. The summed E-state index contributed by atoms with van der Waals surface area (Å²) in [5, 5.41) is 13.1. The van der Waals surface area contributed by atoms with Gasteiger partial charge in [-0.1, -0.05) is 30.3 Å². The molecule has 3 nitrogen and oxygen atoms in total. The Kier molecular flexibility index (Phi) is 4.15. The number of hydrogen-bond donors (Lipinski definition) is 2. The van der Waals surface area contributed by atoms with Crippen LogP contribution in [0.1, 0.15) is 12.5 Å². The van der Waals surface area contributed by atoms with Crippen LogP contribution in [-0.2, 0) is 6.42 Å². The van der Waals surface area contributed by atoms with E-state index in [4.69, 9.17) is 0 Å². The molecule has 1 aromatic rings. The third-order valence-corrected chi connectivity index (χ3v) is 3.65. The smallest absolute Gasteiger partial charge is 0.0616 e. The van der Waals surface area contributed by atoms with Crippen LogP contribution in [0.4, 0.5) is 0 Å². The zero-order valence-electron chi connectivity index (χ0n) is 10.5. The number of piperazine rings is 1. The van der Waals surface area contributed by atoms with E-state index in [0.29, 0.717) is 0 Å². The van der Waals surface area contributed by atoms with Crippen molar-refractivity contribution in [2.75, 3.05) is 32.8 Å². The number of aliphatic hydroxyl groups excluding tert-OH is 1. The molecule has 1 aromatic carbocycles. The van der Waals surface area contributed by atoms with Gasteiger partial charge in [0.05, 0.1) is 6.61 Å². The van der Waals surface area contributed by atoms with Gasteiger partial charge >= 0.3 is 0 Å². The first-order valence-corrected chi connectivity index (χ1v) is 6.35. The molecule has 0 aliphatic carbocycles. The molecule has 2 N–H and O–H groups in total. The molecule has 1 saturated heterocycles. The molecule has 1 aliphatic heterocycles. The molecule has 1 fully saturated rings. The lowest BCUT2D eigenvalue weighted by Gasteiger charge is -2.42. The van der Waals surface area contributed by atoms with Gasteiger partial charge in [0.15, 0.2) is 0 Å². The normalized spacial score (nSPS) is 21.1. The fraction of sp³-hybridized carbons (Fsp3) is 0.571. The lowest BCUT2D eigenvalue weighted by Crippen LogP contribution is -2.57. The Morgan fingerprint density at radius 2 is 1.88 bits per heavy atom. The van der Waals surface area contributed by atoms with E-state index in [0.717, 1.165) is 32.6 Å². The van der Waals surface area contributed by atoms with E-state index in [1.54, 1.807) is 0 Å². The molecule has 1 heterocycles. The summed E-state index contributed by atoms with van der Waals surface area (Å²) in [6.07, 6.45) is 0.907. The fourth-order valence-corrected chi connectivity index (χ4v) is 2.51. The maximum Gasteiger partial charge on any atom is 0.0616 e. The van der Waals surface area contributed by atoms with Gasteiger partial charge in [0.2, 0.25) is 0 Å². The van der Waals surface area contributed by atoms with Gasteiger partial charge in [-0.3, -0.25) is 4.90 Å². The lowest BCUT2D eigenvalue weighted by atomic mass is 9.91. The molecule has 0 spiro atoms. The molecule has 1 atom stereocenters. The minimum absolute atomic E-state index is 0.135. The highest BCUT2D eigenvalue weighted by Gasteiger charge is 2.32. The Hall–Kier alpha value is -0.900. The average Bonchev–Trinajstić information content (AvgIpc) is 2.41. The predicted octanol–water partition coefficient (Wildman–Crippen LogP) is 0.885. The standard InChI is InChI=1S/C14H22N2O/c1-14(12-17,16-9-7-15-8-10-16)11-13-5-3-2-4-6-13/h2-6,15,17H,7-12H2,1H3. The molecule has 2 rings (SSSR count). The van der Waals surface area contributed by atoms with Gasteiger partial charge in [0.25, 0.3) is 0 Å². The van der Waals surface area contributed by atoms with Crippen molar-refractivity contribution in [2.45, 2.75) is 18.9 Å². The Morgan fingerprint density at radius 3 is 2.47 bits per heavy atom. The third kappa shape index (κ3) is 3.06. The highest BCUT2D eigenvalue weighted by atomic mass is 16.3. The monoisotopic (exact) mass is 234 g/mol. The van der Waals surface area contributed by atoms with Gasteiger partial charge < -0.3 is 10.4 Å².